The third-order valence-corrected chi connectivity index (χ3v) is 4.81. The van der Waals surface area contributed by atoms with Gasteiger partial charge >= 0.3 is 6.09 Å². The molecule has 0 spiro atoms. The van der Waals surface area contributed by atoms with Crippen molar-refractivity contribution in [3.05, 3.63) is 30.1 Å². The first kappa shape index (κ1) is 25.3. The number of anilines is 1. The summed E-state index contributed by atoms with van der Waals surface area (Å²) in [5.41, 5.74) is 0.610. The van der Waals surface area contributed by atoms with Crippen LogP contribution in [0.4, 0.5) is 14.9 Å². The zero-order valence-corrected chi connectivity index (χ0v) is 19.8. The molecule has 1 saturated heterocycles. The molecule has 0 atom stereocenters. The van der Waals surface area contributed by atoms with Gasteiger partial charge in [0.15, 0.2) is 5.96 Å². The van der Waals surface area contributed by atoms with Crippen molar-refractivity contribution in [2.45, 2.75) is 32.2 Å². The fraction of sp³-hybridized carbons (Fsp3) is 0.600. The van der Waals surface area contributed by atoms with E-state index in [0.29, 0.717) is 25.4 Å². The van der Waals surface area contributed by atoms with Crippen LogP contribution in [0.3, 0.4) is 0 Å². The molecule has 0 aliphatic carbocycles. The molecule has 2 N–H and O–H groups in total. The highest BCUT2D eigenvalue weighted by molar-refractivity contribution is 14.0. The van der Waals surface area contributed by atoms with Gasteiger partial charge in [-0.3, -0.25) is 4.99 Å². The van der Waals surface area contributed by atoms with Crippen LogP contribution < -0.4 is 15.5 Å². The molecule has 1 aliphatic rings. The van der Waals surface area contributed by atoms with Crippen LogP contribution in [0, 0.1) is 5.82 Å². The summed E-state index contributed by atoms with van der Waals surface area (Å²) in [5.74, 6) is 0.549. The van der Waals surface area contributed by atoms with Crippen molar-refractivity contribution in [2.75, 3.05) is 51.8 Å². The highest BCUT2D eigenvalue weighted by atomic mass is 127. The number of hydrogen-bond donors (Lipinski definition) is 2. The second-order valence-corrected chi connectivity index (χ2v) is 6.83. The van der Waals surface area contributed by atoms with Crippen molar-refractivity contribution in [3.63, 3.8) is 0 Å². The molecule has 29 heavy (non-hydrogen) atoms. The van der Waals surface area contributed by atoms with Crippen LogP contribution in [0.5, 0.6) is 0 Å². The zero-order chi connectivity index (χ0) is 20.4. The van der Waals surface area contributed by atoms with E-state index < -0.39 is 0 Å². The maximum atomic E-state index is 13.8. The maximum absolute atomic E-state index is 13.8. The standard InChI is InChI=1S/C20H32FN5O2.HI/c1-4-28-20(27)26-14-10-16(11-15-26)24-19(22-2)23-12-7-13-25(3)18-9-6-5-8-17(18)21;/h5-6,8-9,16H,4,7,10-15H2,1-3H3,(H2,22,23,24);1H. The van der Waals surface area contributed by atoms with Crippen LogP contribution in [0.2, 0.25) is 0 Å². The summed E-state index contributed by atoms with van der Waals surface area (Å²) < 4.78 is 18.8. The van der Waals surface area contributed by atoms with E-state index in [1.165, 1.54) is 6.07 Å². The second-order valence-electron chi connectivity index (χ2n) is 6.83. The van der Waals surface area contributed by atoms with Gasteiger partial charge in [-0.25, -0.2) is 9.18 Å². The molecule has 0 saturated carbocycles. The number of guanidine groups is 1. The Bertz CT molecular complexity index is 654. The second kappa shape index (κ2) is 13.4. The Morgan fingerprint density at radius 1 is 1.34 bits per heavy atom. The number of benzene rings is 1. The molecule has 0 unspecified atom stereocenters. The number of aliphatic imine (C=N–C) groups is 1. The van der Waals surface area contributed by atoms with Crippen LogP contribution in [-0.2, 0) is 4.74 Å². The van der Waals surface area contributed by atoms with Crippen molar-refractivity contribution in [1.29, 1.82) is 0 Å². The Morgan fingerprint density at radius 3 is 2.66 bits per heavy atom. The molecule has 1 heterocycles. The summed E-state index contributed by atoms with van der Waals surface area (Å²) in [5, 5.41) is 6.72. The van der Waals surface area contributed by atoms with Crippen molar-refractivity contribution in [3.8, 4) is 0 Å². The van der Waals surface area contributed by atoms with Gasteiger partial charge in [0, 0.05) is 46.3 Å². The Hall–Kier alpha value is -1.78. The fourth-order valence-corrected chi connectivity index (χ4v) is 3.21. The smallest absolute Gasteiger partial charge is 0.409 e. The first-order valence-electron chi connectivity index (χ1n) is 9.89. The lowest BCUT2D eigenvalue weighted by Gasteiger charge is -2.32. The molecule has 9 heteroatoms. The van der Waals surface area contributed by atoms with E-state index in [1.54, 1.807) is 24.1 Å². The van der Waals surface area contributed by atoms with Crippen molar-refractivity contribution in [2.24, 2.45) is 4.99 Å². The molecule has 1 aromatic rings. The average molecular weight is 521 g/mol. The van der Waals surface area contributed by atoms with Crippen LogP contribution in [0.25, 0.3) is 0 Å². The van der Waals surface area contributed by atoms with Crippen molar-refractivity contribution in [1.82, 2.24) is 15.5 Å². The number of nitrogens with zero attached hydrogens (tertiary/aromatic N) is 3. The Labute approximate surface area is 190 Å². The number of nitrogens with one attached hydrogen (secondary N) is 2. The van der Waals surface area contributed by atoms with E-state index in [2.05, 4.69) is 15.6 Å². The molecular weight excluding hydrogens is 488 g/mol. The lowest BCUT2D eigenvalue weighted by atomic mass is 10.1. The number of hydrogen-bond acceptors (Lipinski definition) is 4. The lowest BCUT2D eigenvalue weighted by molar-refractivity contribution is 0.0963. The molecule has 1 fully saturated rings. The molecule has 7 nitrogen and oxygen atoms in total. The van der Waals surface area contributed by atoms with Gasteiger partial charge in [0.25, 0.3) is 0 Å². The number of carbonyl (C=O) groups is 1. The van der Waals surface area contributed by atoms with Crippen molar-refractivity contribution < 1.29 is 13.9 Å². The molecule has 1 aliphatic heterocycles. The topological polar surface area (TPSA) is 69.2 Å². The van der Waals surface area contributed by atoms with E-state index in [9.17, 15) is 9.18 Å². The average Bonchev–Trinajstić information content (AvgIpc) is 2.71. The third-order valence-electron chi connectivity index (χ3n) is 4.81. The molecule has 1 amide bonds. The van der Waals surface area contributed by atoms with Crippen LogP contribution in [0.1, 0.15) is 26.2 Å². The quantitative estimate of drug-likeness (QED) is 0.250. The van der Waals surface area contributed by atoms with Gasteiger partial charge in [-0.05, 0) is 38.3 Å². The van der Waals surface area contributed by atoms with Gasteiger partial charge in [0.2, 0.25) is 0 Å². The van der Waals surface area contributed by atoms with Gasteiger partial charge in [0.1, 0.15) is 5.82 Å². The summed E-state index contributed by atoms with van der Waals surface area (Å²) in [6.45, 7) is 5.06. The SMILES string of the molecule is CCOC(=O)N1CCC(NC(=NC)NCCCN(C)c2ccccc2F)CC1.I. The summed E-state index contributed by atoms with van der Waals surface area (Å²) in [6, 6.07) is 7.07. The largest absolute Gasteiger partial charge is 0.450 e. The highest BCUT2D eigenvalue weighted by Crippen LogP contribution is 2.16. The molecule has 1 aromatic carbocycles. The van der Waals surface area contributed by atoms with E-state index in [4.69, 9.17) is 4.74 Å². The van der Waals surface area contributed by atoms with Gasteiger partial charge in [-0.1, -0.05) is 12.1 Å². The normalized spacial score (nSPS) is 14.8. The predicted octanol–water partition coefficient (Wildman–Crippen LogP) is 3.06. The number of piperidine rings is 1. The minimum atomic E-state index is -0.234. The summed E-state index contributed by atoms with van der Waals surface area (Å²) in [4.78, 5) is 19.7. The van der Waals surface area contributed by atoms with Crippen molar-refractivity contribution >= 4 is 41.7 Å². The van der Waals surface area contributed by atoms with Gasteiger partial charge < -0.3 is 25.2 Å². The fourth-order valence-electron chi connectivity index (χ4n) is 3.21. The number of carbonyl (C=O) groups excluding carboxylic acids is 1. The van der Waals surface area contributed by atoms with Gasteiger partial charge in [-0.15, -0.1) is 24.0 Å². The minimum absolute atomic E-state index is 0. The number of para-hydroxylation sites is 1. The third kappa shape index (κ3) is 8.23. The van der Waals surface area contributed by atoms with Crippen LogP contribution in [0.15, 0.2) is 29.3 Å². The molecular formula is C20H33FIN5O2. The molecule has 0 aromatic heterocycles. The van der Waals surface area contributed by atoms with E-state index in [1.807, 2.05) is 24.9 Å². The number of rotatable bonds is 7. The summed E-state index contributed by atoms with van der Waals surface area (Å²) >= 11 is 0. The van der Waals surface area contributed by atoms with E-state index in [-0.39, 0.29) is 41.9 Å². The number of ether oxygens (including phenoxy) is 1. The molecule has 0 bridgehead atoms. The zero-order valence-electron chi connectivity index (χ0n) is 17.5. The van der Waals surface area contributed by atoms with E-state index >= 15 is 0 Å². The Morgan fingerprint density at radius 2 is 2.03 bits per heavy atom. The minimum Gasteiger partial charge on any atom is -0.450 e. The van der Waals surface area contributed by atoms with E-state index in [0.717, 1.165) is 38.3 Å². The summed E-state index contributed by atoms with van der Waals surface area (Å²) in [7, 11) is 3.64. The molecule has 2 rings (SSSR count). The first-order valence-corrected chi connectivity index (χ1v) is 9.89. The number of halogens is 2. The Balaban J connectivity index is 0.00000420. The number of likely N-dealkylation sites (tertiary alicyclic amines) is 1. The van der Waals surface area contributed by atoms with Crippen LogP contribution in [-0.4, -0.2) is 69.9 Å². The monoisotopic (exact) mass is 521 g/mol. The maximum Gasteiger partial charge on any atom is 0.409 e. The lowest BCUT2D eigenvalue weighted by Crippen LogP contribution is -2.50. The highest BCUT2D eigenvalue weighted by Gasteiger charge is 2.23. The molecule has 164 valence electrons. The number of amides is 1. The van der Waals surface area contributed by atoms with Gasteiger partial charge in [0.05, 0.1) is 12.3 Å². The molecule has 0 radical (unpaired) electrons. The summed E-state index contributed by atoms with van der Waals surface area (Å²) in [6.07, 6.45) is 2.33. The Kier molecular flexibility index (Phi) is 11.7. The first-order chi connectivity index (χ1) is 13.5. The van der Waals surface area contributed by atoms with Crippen LogP contribution >= 0.6 is 24.0 Å². The predicted molar refractivity (Wildman–Crippen MR) is 126 cm³/mol. The van der Waals surface area contributed by atoms with Gasteiger partial charge in [-0.2, -0.15) is 0 Å².